The molecule has 1 saturated heterocycles. The fourth-order valence-electron chi connectivity index (χ4n) is 2.38. The molecule has 0 bridgehead atoms. The minimum atomic E-state index is 0.541. The van der Waals surface area contributed by atoms with Gasteiger partial charge in [-0.15, -0.1) is 0 Å². The number of halogens is 1. The van der Waals surface area contributed by atoms with Gasteiger partial charge >= 0.3 is 0 Å². The minimum Gasteiger partial charge on any atom is -0.314 e. The second kappa shape index (κ2) is 5.67. The highest BCUT2D eigenvalue weighted by Gasteiger charge is 2.20. The Bertz CT molecular complexity index is 317. The van der Waals surface area contributed by atoms with Gasteiger partial charge in [-0.3, -0.25) is 4.90 Å². The molecule has 1 aromatic rings. The van der Waals surface area contributed by atoms with Crippen LogP contribution in [-0.2, 0) is 0 Å². The molecule has 1 heterocycles. The van der Waals surface area contributed by atoms with E-state index in [0.29, 0.717) is 6.04 Å². The third kappa shape index (κ3) is 2.76. The van der Waals surface area contributed by atoms with Crippen LogP contribution in [0, 0.1) is 0 Å². The van der Waals surface area contributed by atoms with E-state index in [1.807, 2.05) is 12.1 Å². The monoisotopic (exact) mass is 238 g/mol. The number of hydrogen-bond acceptors (Lipinski definition) is 2. The van der Waals surface area contributed by atoms with Crippen molar-refractivity contribution in [2.75, 3.05) is 26.2 Å². The Labute approximate surface area is 103 Å². The van der Waals surface area contributed by atoms with Gasteiger partial charge in [0.25, 0.3) is 0 Å². The molecule has 0 spiro atoms. The summed E-state index contributed by atoms with van der Waals surface area (Å²) in [7, 11) is 0. The van der Waals surface area contributed by atoms with E-state index in [2.05, 4.69) is 29.3 Å². The van der Waals surface area contributed by atoms with Crippen molar-refractivity contribution in [3.05, 3.63) is 34.9 Å². The molecule has 0 radical (unpaired) electrons. The molecule has 0 unspecified atom stereocenters. The van der Waals surface area contributed by atoms with Crippen LogP contribution >= 0.6 is 11.6 Å². The maximum absolute atomic E-state index is 5.92. The summed E-state index contributed by atoms with van der Waals surface area (Å²) in [5, 5.41) is 4.21. The van der Waals surface area contributed by atoms with E-state index in [9.17, 15) is 0 Å². The van der Waals surface area contributed by atoms with Crippen molar-refractivity contribution in [1.29, 1.82) is 0 Å². The highest BCUT2D eigenvalue weighted by atomic mass is 35.5. The van der Waals surface area contributed by atoms with Gasteiger partial charge in [0.1, 0.15) is 0 Å². The van der Waals surface area contributed by atoms with Crippen LogP contribution in [-0.4, -0.2) is 31.1 Å². The molecular weight excluding hydrogens is 220 g/mol. The molecule has 2 rings (SSSR count). The van der Waals surface area contributed by atoms with E-state index in [1.54, 1.807) is 0 Å². The van der Waals surface area contributed by atoms with Gasteiger partial charge in [0, 0.05) is 37.2 Å². The largest absolute Gasteiger partial charge is 0.314 e. The summed E-state index contributed by atoms with van der Waals surface area (Å²) in [5.41, 5.74) is 1.38. The highest BCUT2D eigenvalue weighted by Crippen LogP contribution is 2.25. The zero-order valence-corrected chi connectivity index (χ0v) is 10.5. The molecule has 16 heavy (non-hydrogen) atoms. The minimum absolute atomic E-state index is 0.541. The molecule has 1 fully saturated rings. The third-order valence-corrected chi connectivity index (χ3v) is 3.49. The molecule has 1 aliphatic heterocycles. The van der Waals surface area contributed by atoms with Gasteiger partial charge in [-0.25, -0.2) is 0 Å². The standard InChI is InChI=1S/C13H19ClN2/c1-2-13(16-9-7-15-8-10-16)11-3-5-12(14)6-4-11/h3-6,13,15H,2,7-10H2,1H3/t13-/m1/s1. The van der Waals surface area contributed by atoms with Crippen LogP contribution in [0.5, 0.6) is 0 Å². The molecule has 0 aromatic heterocycles. The summed E-state index contributed by atoms with van der Waals surface area (Å²) >= 11 is 5.92. The Balaban J connectivity index is 2.11. The zero-order chi connectivity index (χ0) is 11.4. The molecule has 1 aromatic carbocycles. The summed E-state index contributed by atoms with van der Waals surface area (Å²) in [6.45, 7) is 6.73. The van der Waals surface area contributed by atoms with Gasteiger partial charge in [-0.05, 0) is 24.1 Å². The first kappa shape index (κ1) is 11.9. The van der Waals surface area contributed by atoms with Gasteiger partial charge in [0.05, 0.1) is 0 Å². The van der Waals surface area contributed by atoms with Gasteiger partial charge in [-0.1, -0.05) is 30.7 Å². The Morgan fingerprint density at radius 1 is 1.25 bits per heavy atom. The normalized spacial score (nSPS) is 19.6. The number of nitrogens with zero attached hydrogens (tertiary/aromatic N) is 1. The topological polar surface area (TPSA) is 15.3 Å². The number of hydrogen-bond donors (Lipinski definition) is 1. The lowest BCUT2D eigenvalue weighted by Gasteiger charge is -2.34. The molecular formula is C13H19ClN2. The molecule has 3 heteroatoms. The maximum atomic E-state index is 5.92. The van der Waals surface area contributed by atoms with E-state index in [4.69, 9.17) is 11.6 Å². The van der Waals surface area contributed by atoms with Crippen LogP contribution in [0.3, 0.4) is 0 Å². The Hall–Kier alpha value is -0.570. The summed E-state index contributed by atoms with van der Waals surface area (Å²) in [6, 6.07) is 8.82. The van der Waals surface area contributed by atoms with E-state index >= 15 is 0 Å². The summed E-state index contributed by atoms with van der Waals surface area (Å²) < 4.78 is 0. The van der Waals surface area contributed by atoms with Crippen LogP contribution in [0.25, 0.3) is 0 Å². The van der Waals surface area contributed by atoms with E-state index in [0.717, 1.165) is 37.6 Å². The first-order valence-corrected chi connectivity index (χ1v) is 6.39. The van der Waals surface area contributed by atoms with Crippen molar-refractivity contribution in [2.24, 2.45) is 0 Å². The first-order valence-electron chi connectivity index (χ1n) is 6.01. The van der Waals surface area contributed by atoms with Crippen molar-refractivity contribution in [1.82, 2.24) is 10.2 Å². The van der Waals surface area contributed by atoms with Gasteiger partial charge in [0.15, 0.2) is 0 Å². The molecule has 0 saturated carbocycles. The van der Waals surface area contributed by atoms with E-state index < -0.39 is 0 Å². The van der Waals surface area contributed by atoms with Crippen LogP contribution in [0.15, 0.2) is 24.3 Å². The van der Waals surface area contributed by atoms with Crippen molar-refractivity contribution >= 4 is 11.6 Å². The smallest absolute Gasteiger partial charge is 0.0406 e. The quantitative estimate of drug-likeness (QED) is 0.871. The third-order valence-electron chi connectivity index (χ3n) is 3.23. The van der Waals surface area contributed by atoms with Crippen LogP contribution in [0.2, 0.25) is 5.02 Å². The predicted molar refractivity (Wildman–Crippen MR) is 68.9 cm³/mol. The van der Waals surface area contributed by atoms with Crippen molar-refractivity contribution in [3.8, 4) is 0 Å². The molecule has 1 aliphatic rings. The second-order valence-electron chi connectivity index (χ2n) is 4.26. The summed E-state index contributed by atoms with van der Waals surface area (Å²) in [6.07, 6.45) is 1.15. The fourth-order valence-corrected chi connectivity index (χ4v) is 2.51. The molecule has 1 atom stereocenters. The number of piperazine rings is 1. The number of rotatable bonds is 3. The van der Waals surface area contributed by atoms with Crippen LogP contribution in [0.4, 0.5) is 0 Å². The van der Waals surface area contributed by atoms with Crippen molar-refractivity contribution in [2.45, 2.75) is 19.4 Å². The molecule has 1 N–H and O–H groups in total. The van der Waals surface area contributed by atoms with E-state index in [-0.39, 0.29) is 0 Å². The first-order chi connectivity index (χ1) is 7.81. The fraction of sp³-hybridized carbons (Fsp3) is 0.538. The molecule has 88 valence electrons. The number of nitrogens with one attached hydrogen (secondary N) is 1. The van der Waals surface area contributed by atoms with Gasteiger partial charge < -0.3 is 5.32 Å². The predicted octanol–water partition coefficient (Wildman–Crippen LogP) is 2.70. The number of benzene rings is 1. The Morgan fingerprint density at radius 2 is 1.88 bits per heavy atom. The second-order valence-corrected chi connectivity index (χ2v) is 4.70. The lowest BCUT2D eigenvalue weighted by molar-refractivity contribution is 0.169. The molecule has 0 aliphatic carbocycles. The average Bonchev–Trinajstić information content (AvgIpc) is 2.34. The Morgan fingerprint density at radius 3 is 2.44 bits per heavy atom. The lowest BCUT2D eigenvalue weighted by atomic mass is 10.0. The summed E-state index contributed by atoms with van der Waals surface area (Å²) in [4.78, 5) is 2.56. The molecule has 0 amide bonds. The van der Waals surface area contributed by atoms with Crippen LogP contribution in [0.1, 0.15) is 24.9 Å². The highest BCUT2D eigenvalue weighted by molar-refractivity contribution is 6.30. The summed E-state index contributed by atoms with van der Waals surface area (Å²) in [5.74, 6) is 0. The average molecular weight is 239 g/mol. The van der Waals surface area contributed by atoms with Crippen molar-refractivity contribution in [3.63, 3.8) is 0 Å². The van der Waals surface area contributed by atoms with Crippen LogP contribution < -0.4 is 5.32 Å². The Kier molecular flexibility index (Phi) is 4.22. The lowest BCUT2D eigenvalue weighted by Crippen LogP contribution is -2.45. The zero-order valence-electron chi connectivity index (χ0n) is 9.75. The SMILES string of the molecule is CC[C@H](c1ccc(Cl)cc1)N1CCNCC1. The van der Waals surface area contributed by atoms with Gasteiger partial charge in [0.2, 0.25) is 0 Å². The molecule has 2 nitrogen and oxygen atoms in total. The van der Waals surface area contributed by atoms with Crippen molar-refractivity contribution < 1.29 is 0 Å². The maximum Gasteiger partial charge on any atom is 0.0406 e. The van der Waals surface area contributed by atoms with Gasteiger partial charge in [-0.2, -0.15) is 0 Å². The van der Waals surface area contributed by atoms with E-state index in [1.165, 1.54) is 5.56 Å².